The van der Waals surface area contributed by atoms with E-state index in [1.165, 1.54) is 12.8 Å². The second kappa shape index (κ2) is 6.86. The molecule has 6 heteroatoms. The van der Waals surface area contributed by atoms with Crippen molar-refractivity contribution < 1.29 is 9.53 Å². The molecular weight excluding hydrogens is 316 g/mol. The van der Waals surface area contributed by atoms with Crippen LogP contribution in [0.5, 0.6) is 5.75 Å². The van der Waals surface area contributed by atoms with E-state index in [0.29, 0.717) is 11.8 Å². The maximum atomic E-state index is 12.4. The van der Waals surface area contributed by atoms with Crippen molar-refractivity contribution >= 4 is 5.91 Å². The van der Waals surface area contributed by atoms with E-state index in [2.05, 4.69) is 15.2 Å². The number of para-hydroxylation sites is 1. The zero-order chi connectivity index (χ0) is 17.2. The number of likely N-dealkylation sites (tertiary alicyclic amines) is 1. The van der Waals surface area contributed by atoms with E-state index in [1.54, 1.807) is 0 Å². The molecule has 1 aromatic heterocycles. The number of piperidine rings is 1. The van der Waals surface area contributed by atoms with Crippen LogP contribution in [0.4, 0.5) is 0 Å². The van der Waals surface area contributed by atoms with E-state index in [0.717, 1.165) is 48.9 Å². The number of nitrogens with zero attached hydrogens (tertiary/aromatic N) is 3. The molecule has 1 saturated heterocycles. The number of aromatic nitrogens is 3. The van der Waals surface area contributed by atoms with Gasteiger partial charge in [-0.3, -0.25) is 9.89 Å². The Morgan fingerprint density at radius 2 is 1.96 bits per heavy atom. The van der Waals surface area contributed by atoms with Crippen molar-refractivity contribution in [2.45, 2.75) is 44.4 Å². The molecular formula is C19H24N4O2. The van der Waals surface area contributed by atoms with Crippen LogP contribution in [-0.4, -0.2) is 45.7 Å². The van der Waals surface area contributed by atoms with Gasteiger partial charge in [-0.25, -0.2) is 4.98 Å². The lowest BCUT2D eigenvalue weighted by Crippen LogP contribution is -2.40. The predicted octanol–water partition coefficient (Wildman–Crippen LogP) is 2.78. The van der Waals surface area contributed by atoms with E-state index in [-0.39, 0.29) is 12.5 Å². The van der Waals surface area contributed by atoms with Gasteiger partial charge in [-0.15, -0.1) is 0 Å². The van der Waals surface area contributed by atoms with Crippen LogP contribution < -0.4 is 4.74 Å². The Kier molecular flexibility index (Phi) is 4.42. The summed E-state index contributed by atoms with van der Waals surface area (Å²) in [5.41, 5.74) is 1.05. The summed E-state index contributed by atoms with van der Waals surface area (Å²) in [6, 6.07) is 7.77. The lowest BCUT2D eigenvalue weighted by Gasteiger charge is -2.31. The summed E-state index contributed by atoms with van der Waals surface area (Å²) in [4.78, 5) is 18.9. The fraction of sp³-hybridized carbons (Fsp3) is 0.526. The minimum Gasteiger partial charge on any atom is -0.484 e. The molecule has 4 rings (SSSR count). The number of carbonyl (C=O) groups excluding carboxylic acids is 1. The molecule has 1 N–H and O–H groups in total. The summed E-state index contributed by atoms with van der Waals surface area (Å²) in [5.74, 6) is 3.75. The van der Waals surface area contributed by atoms with Gasteiger partial charge >= 0.3 is 0 Å². The first-order chi connectivity index (χ1) is 12.2. The van der Waals surface area contributed by atoms with Crippen molar-refractivity contribution in [1.29, 1.82) is 0 Å². The number of H-pyrrole nitrogens is 1. The molecule has 0 atom stereocenters. The van der Waals surface area contributed by atoms with Gasteiger partial charge in [0, 0.05) is 24.9 Å². The molecule has 6 nitrogen and oxygen atoms in total. The Labute approximate surface area is 147 Å². The van der Waals surface area contributed by atoms with Crippen molar-refractivity contribution in [3.63, 3.8) is 0 Å². The van der Waals surface area contributed by atoms with Crippen LogP contribution in [-0.2, 0) is 4.79 Å². The van der Waals surface area contributed by atoms with Gasteiger partial charge in [-0.2, -0.15) is 5.10 Å². The van der Waals surface area contributed by atoms with Crippen molar-refractivity contribution in [3.05, 3.63) is 41.5 Å². The highest BCUT2D eigenvalue weighted by atomic mass is 16.5. The molecule has 1 aliphatic heterocycles. The fourth-order valence-corrected chi connectivity index (χ4v) is 3.35. The first kappa shape index (κ1) is 16.1. The number of aromatic amines is 1. The summed E-state index contributed by atoms with van der Waals surface area (Å²) in [6.07, 6.45) is 4.28. The van der Waals surface area contributed by atoms with E-state index in [4.69, 9.17) is 4.74 Å². The van der Waals surface area contributed by atoms with Gasteiger partial charge in [0.05, 0.1) is 0 Å². The smallest absolute Gasteiger partial charge is 0.260 e. The molecule has 132 valence electrons. The SMILES string of the molecule is Cc1ccccc1OCC(=O)N1CCC(c2nc(C3CC3)n[nH]2)CC1. The average Bonchev–Trinajstić information content (AvgIpc) is 3.38. The van der Waals surface area contributed by atoms with Gasteiger partial charge in [-0.1, -0.05) is 18.2 Å². The van der Waals surface area contributed by atoms with Crippen LogP contribution in [0.25, 0.3) is 0 Å². The first-order valence-corrected chi connectivity index (χ1v) is 9.09. The topological polar surface area (TPSA) is 71.1 Å². The van der Waals surface area contributed by atoms with E-state index in [9.17, 15) is 4.79 Å². The van der Waals surface area contributed by atoms with Gasteiger partial charge in [0.25, 0.3) is 5.91 Å². The largest absolute Gasteiger partial charge is 0.484 e. The molecule has 0 bridgehead atoms. The number of ether oxygens (including phenoxy) is 1. The summed E-state index contributed by atoms with van der Waals surface area (Å²) in [5, 5.41) is 7.45. The fourth-order valence-electron chi connectivity index (χ4n) is 3.35. The lowest BCUT2D eigenvalue weighted by molar-refractivity contribution is -0.134. The third kappa shape index (κ3) is 3.67. The van der Waals surface area contributed by atoms with Gasteiger partial charge in [0.15, 0.2) is 12.4 Å². The third-order valence-electron chi connectivity index (χ3n) is 5.14. The molecule has 2 heterocycles. The lowest BCUT2D eigenvalue weighted by atomic mass is 9.96. The molecule has 0 radical (unpaired) electrons. The number of aryl methyl sites for hydroxylation is 1. The van der Waals surface area contributed by atoms with E-state index in [1.807, 2.05) is 36.1 Å². The van der Waals surface area contributed by atoms with Gasteiger partial charge in [0.1, 0.15) is 11.6 Å². The van der Waals surface area contributed by atoms with Gasteiger partial charge in [-0.05, 0) is 44.2 Å². The number of hydrogen-bond donors (Lipinski definition) is 1. The second-order valence-corrected chi connectivity index (χ2v) is 7.06. The molecule has 2 aromatic rings. The van der Waals surface area contributed by atoms with Crippen molar-refractivity contribution in [2.75, 3.05) is 19.7 Å². The molecule has 0 spiro atoms. The number of rotatable bonds is 5. The van der Waals surface area contributed by atoms with Crippen LogP contribution in [0.3, 0.4) is 0 Å². The zero-order valence-electron chi connectivity index (χ0n) is 14.6. The average molecular weight is 340 g/mol. The van der Waals surface area contributed by atoms with Crippen molar-refractivity contribution in [2.24, 2.45) is 0 Å². The highest BCUT2D eigenvalue weighted by molar-refractivity contribution is 5.77. The Hall–Kier alpha value is -2.37. The molecule has 1 aromatic carbocycles. The third-order valence-corrected chi connectivity index (χ3v) is 5.14. The number of carbonyl (C=O) groups is 1. The van der Waals surface area contributed by atoms with Crippen LogP contribution in [0.15, 0.2) is 24.3 Å². The highest BCUT2D eigenvalue weighted by Gasteiger charge is 2.30. The molecule has 1 amide bonds. The van der Waals surface area contributed by atoms with Gasteiger partial charge < -0.3 is 9.64 Å². The van der Waals surface area contributed by atoms with Crippen LogP contribution in [0, 0.1) is 6.92 Å². The molecule has 2 aliphatic rings. The summed E-state index contributed by atoms with van der Waals surface area (Å²) >= 11 is 0. The molecule has 25 heavy (non-hydrogen) atoms. The standard InChI is InChI=1S/C19H24N4O2/c1-13-4-2-3-5-16(13)25-12-17(24)23-10-8-15(9-11-23)19-20-18(21-22-19)14-6-7-14/h2-5,14-15H,6-12H2,1H3,(H,20,21,22). The molecule has 0 unspecified atom stereocenters. The summed E-state index contributed by atoms with van der Waals surface area (Å²) < 4.78 is 5.68. The van der Waals surface area contributed by atoms with E-state index < -0.39 is 0 Å². The Morgan fingerprint density at radius 1 is 1.20 bits per heavy atom. The van der Waals surface area contributed by atoms with Crippen LogP contribution >= 0.6 is 0 Å². The Morgan fingerprint density at radius 3 is 2.68 bits per heavy atom. The second-order valence-electron chi connectivity index (χ2n) is 7.06. The molecule has 1 saturated carbocycles. The number of amides is 1. The first-order valence-electron chi connectivity index (χ1n) is 9.09. The maximum absolute atomic E-state index is 12.4. The highest BCUT2D eigenvalue weighted by Crippen LogP contribution is 2.38. The van der Waals surface area contributed by atoms with Crippen LogP contribution in [0.2, 0.25) is 0 Å². The monoisotopic (exact) mass is 340 g/mol. The summed E-state index contributed by atoms with van der Waals surface area (Å²) in [6.45, 7) is 3.59. The molecule has 1 aliphatic carbocycles. The van der Waals surface area contributed by atoms with Crippen molar-refractivity contribution in [3.8, 4) is 5.75 Å². The predicted molar refractivity (Wildman–Crippen MR) is 93.6 cm³/mol. The number of nitrogens with one attached hydrogen (secondary N) is 1. The minimum absolute atomic E-state index is 0.0537. The number of hydrogen-bond acceptors (Lipinski definition) is 4. The maximum Gasteiger partial charge on any atom is 0.260 e. The van der Waals surface area contributed by atoms with Crippen molar-refractivity contribution in [1.82, 2.24) is 20.1 Å². The zero-order valence-corrected chi connectivity index (χ0v) is 14.6. The minimum atomic E-state index is 0.0537. The quantitative estimate of drug-likeness (QED) is 0.908. The Bertz CT molecular complexity index is 745. The Balaban J connectivity index is 1.27. The normalized spacial score (nSPS) is 18.4. The van der Waals surface area contributed by atoms with Gasteiger partial charge in [0.2, 0.25) is 0 Å². The van der Waals surface area contributed by atoms with E-state index >= 15 is 0 Å². The summed E-state index contributed by atoms with van der Waals surface area (Å²) in [7, 11) is 0. The number of benzene rings is 1. The molecule has 2 fully saturated rings. The van der Waals surface area contributed by atoms with Crippen LogP contribution in [0.1, 0.15) is 54.7 Å².